The molecule has 0 saturated carbocycles. The van der Waals surface area contributed by atoms with Crippen LogP contribution in [0.2, 0.25) is 0 Å². The molecule has 1 atom stereocenters. The van der Waals surface area contributed by atoms with Gasteiger partial charge in [0, 0.05) is 51.0 Å². The fourth-order valence-electron chi connectivity index (χ4n) is 4.01. The lowest BCUT2D eigenvalue weighted by atomic mass is 10.1. The molecule has 180 valence electrons. The van der Waals surface area contributed by atoms with E-state index in [2.05, 4.69) is 40.5 Å². The second kappa shape index (κ2) is 11.1. The Balaban J connectivity index is 1.70. The standard InChI is InChI=1S/C26H33N5O2S/c1-4-27-22-11-10-21(19(2)32)16-23(22)28-26-31(17-20-8-6-5-7-9-20)25(33)24(34-26)18-30-14-12-29(3)13-15-30/h5-11,16,18,25,27,33H,4,12-15,17H2,1-3H3/b24-18-,28-26-. The van der Waals surface area contributed by atoms with E-state index in [9.17, 15) is 9.90 Å². The number of hydrogen-bond acceptors (Lipinski definition) is 7. The summed E-state index contributed by atoms with van der Waals surface area (Å²) in [7, 11) is 2.13. The summed E-state index contributed by atoms with van der Waals surface area (Å²) in [4.78, 5) is 24.4. The van der Waals surface area contributed by atoms with Gasteiger partial charge in [0.25, 0.3) is 0 Å². The Kier molecular flexibility index (Phi) is 7.92. The van der Waals surface area contributed by atoms with E-state index in [0.717, 1.165) is 54.0 Å². The number of thioether (sulfide) groups is 1. The van der Waals surface area contributed by atoms with Crippen LogP contribution in [0.15, 0.2) is 64.6 Å². The number of anilines is 1. The molecule has 34 heavy (non-hydrogen) atoms. The minimum Gasteiger partial charge on any atom is -0.384 e. The number of hydrogen-bond donors (Lipinski definition) is 2. The lowest BCUT2D eigenvalue weighted by Gasteiger charge is -2.32. The summed E-state index contributed by atoms with van der Waals surface area (Å²) >= 11 is 1.50. The van der Waals surface area contributed by atoms with Crippen molar-refractivity contribution in [2.75, 3.05) is 45.1 Å². The lowest BCUT2D eigenvalue weighted by molar-refractivity contribution is 0.0927. The number of nitrogens with one attached hydrogen (secondary N) is 1. The number of Topliss-reactive ketones (excluding diaryl/α,β-unsaturated/α-hetero) is 1. The smallest absolute Gasteiger partial charge is 0.171 e. The highest BCUT2D eigenvalue weighted by Crippen LogP contribution is 2.38. The van der Waals surface area contributed by atoms with Gasteiger partial charge in [-0.1, -0.05) is 42.1 Å². The highest BCUT2D eigenvalue weighted by molar-refractivity contribution is 8.17. The number of aliphatic hydroxyl groups excluding tert-OH is 1. The summed E-state index contributed by atoms with van der Waals surface area (Å²) in [6.45, 7) is 8.75. The Hall–Kier alpha value is -2.81. The fraction of sp³-hybridized carbons (Fsp3) is 0.385. The molecule has 0 amide bonds. The number of amidine groups is 1. The number of carbonyl (C=O) groups excluding carboxylic acids is 1. The number of rotatable bonds is 7. The third kappa shape index (κ3) is 5.81. The van der Waals surface area contributed by atoms with Crippen molar-refractivity contribution in [1.29, 1.82) is 0 Å². The monoisotopic (exact) mass is 479 g/mol. The van der Waals surface area contributed by atoms with Crippen LogP contribution in [0.1, 0.15) is 29.8 Å². The number of aliphatic imine (C=N–C) groups is 1. The van der Waals surface area contributed by atoms with Gasteiger partial charge in [-0.3, -0.25) is 4.79 Å². The molecule has 2 N–H and O–H groups in total. The summed E-state index contributed by atoms with van der Waals surface area (Å²) < 4.78 is 0. The Labute approximate surface area is 206 Å². The van der Waals surface area contributed by atoms with Gasteiger partial charge in [0.15, 0.2) is 17.2 Å². The molecule has 0 spiro atoms. The van der Waals surface area contributed by atoms with Crippen molar-refractivity contribution in [3.05, 3.63) is 70.8 Å². The zero-order chi connectivity index (χ0) is 24.1. The maximum Gasteiger partial charge on any atom is 0.171 e. The summed E-state index contributed by atoms with van der Waals surface area (Å²) in [6.07, 6.45) is 1.31. The predicted molar refractivity (Wildman–Crippen MR) is 140 cm³/mol. The Morgan fingerprint density at radius 3 is 2.59 bits per heavy atom. The summed E-state index contributed by atoms with van der Waals surface area (Å²) in [5.41, 5.74) is 3.28. The first-order valence-electron chi connectivity index (χ1n) is 11.7. The minimum atomic E-state index is -0.776. The van der Waals surface area contributed by atoms with Crippen molar-refractivity contribution in [2.45, 2.75) is 26.6 Å². The molecule has 2 saturated heterocycles. The lowest BCUT2D eigenvalue weighted by Crippen LogP contribution is -2.42. The minimum absolute atomic E-state index is 0.000372. The van der Waals surface area contributed by atoms with Crippen molar-refractivity contribution in [3.8, 4) is 0 Å². The second-order valence-electron chi connectivity index (χ2n) is 8.67. The first-order valence-corrected chi connectivity index (χ1v) is 12.5. The van der Waals surface area contributed by atoms with Crippen molar-refractivity contribution in [2.24, 2.45) is 4.99 Å². The highest BCUT2D eigenvalue weighted by atomic mass is 32.2. The van der Waals surface area contributed by atoms with Gasteiger partial charge < -0.3 is 25.1 Å². The summed E-state index contributed by atoms with van der Waals surface area (Å²) in [5, 5.41) is 15.4. The van der Waals surface area contributed by atoms with Crippen molar-refractivity contribution in [1.82, 2.24) is 14.7 Å². The number of piperazine rings is 1. The van der Waals surface area contributed by atoms with Gasteiger partial charge in [0.2, 0.25) is 0 Å². The first kappa shape index (κ1) is 24.3. The quantitative estimate of drug-likeness (QED) is 0.583. The number of aliphatic hydroxyl groups is 1. The third-order valence-corrected chi connectivity index (χ3v) is 7.10. The average molecular weight is 480 g/mol. The number of ketones is 1. The van der Waals surface area contributed by atoms with Gasteiger partial charge in [-0.15, -0.1) is 0 Å². The van der Waals surface area contributed by atoms with E-state index in [0.29, 0.717) is 17.8 Å². The summed E-state index contributed by atoms with van der Waals surface area (Å²) in [6, 6.07) is 15.6. The molecular weight excluding hydrogens is 446 g/mol. The van der Waals surface area contributed by atoms with Crippen LogP contribution in [0, 0.1) is 0 Å². The molecule has 2 fully saturated rings. The maximum absolute atomic E-state index is 12.0. The molecule has 4 rings (SSSR count). The van der Waals surface area contributed by atoms with Gasteiger partial charge >= 0.3 is 0 Å². The van der Waals surface area contributed by atoms with Crippen LogP contribution in [0.25, 0.3) is 0 Å². The zero-order valence-corrected chi connectivity index (χ0v) is 20.9. The normalized spacial score (nSPS) is 21.5. The van der Waals surface area contributed by atoms with Crippen molar-refractivity contribution < 1.29 is 9.90 Å². The van der Waals surface area contributed by atoms with Crippen LogP contribution in [0.3, 0.4) is 0 Å². The number of carbonyl (C=O) groups is 1. The van der Waals surface area contributed by atoms with Crippen LogP contribution >= 0.6 is 11.8 Å². The van der Waals surface area contributed by atoms with E-state index in [1.54, 1.807) is 6.92 Å². The molecule has 2 aromatic rings. The van der Waals surface area contributed by atoms with E-state index in [1.165, 1.54) is 11.8 Å². The molecule has 2 heterocycles. The van der Waals surface area contributed by atoms with Gasteiger partial charge in [-0.25, -0.2) is 4.99 Å². The molecule has 0 aliphatic carbocycles. The van der Waals surface area contributed by atoms with E-state index in [4.69, 9.17) is 4.99 Å². The molecule has 2 aromatic carbocycles. The maximum atomic E-state index is 12.0. The van der Waals surface area contributed by atoms with Crippen LogP contribution in [-0.4, -0.2) is 76.8 Å². The molecule has 2 aliphatic heterocycles. The Morgan fingerprint density at radius 2 is 1.91 bits per heavy atom. The van der Waals surface area contributed by atoms with Crippen LogP contribution in [-0.2, 0) is 6.54 Å². The molecule has 0 radical (unpaired) electrons. The molecular formula is C26H33N5O2S. The van der Waals surface area contributed by atoms with E-state index < -0.39 is 6.23 Å². The second-order valence-corrected chi connectivity index (χ2v) is 9.71. The largest absolute Gasteiger partial charge is 0.384 e. The van der Waals surface area contributed by atoms with Gasteiger partial charge in [-0.05, 0) is 44.7 Å². The molecule has 8 heteroatoms. The first-order chi connectivity index (χ1) is 16.4. The molecule has 1 unspecified atom stereocenters. The molecule has 2 aliphatic rings. The number of likely N-dealkylation sites (N-methyl/N-ethyl adjacent to an activating group) is 1. The van der Waals surface area contributed by atoms with Gasteiger partial charge in [0.1, 0.15) is 0 Å². The molecule has 0 bridgehead atoms. The SMILES string of the molecule is CCNc1ccc(C(C)=O)cc1/N=C1\S/C(=C\N2CCN(C)CC2)C(O)N1Cc1ccccc1. The molecule has 7 nitrogen and oxygen atoms in total. The van der Waals surface area contributed by atoms with Crippen LogP contribution in [0.5, 0.6) is 0 Å². The number of benzene rings is 2. The molecule has 0 aromatic heterocycles. The van der Waals surface area contributed by atoms with Crippen molar-refractivity contribution >= 4 is 34.1 Å². The highest BCUT2D eigenvalue weighted by Gasteiger charge is 2.34. The Bertz CT molecular complexity index is 1060. The third-order valence-electron chi connectivity index (χ3n) is 6.04. The van der Waals surface area contributed by atoms with Crippen molar-refractivity contribution in [3.63, 3.8) is 0 Å². The number of nitrogens with zero attached hydrogens (tertiary/aromatic N) is 4. The topological polar surface area (TPSA) is 71.4 Å². The van der Waals surface area contributed by atoms with Crippen LogP contribution < -0.4 is 5.32 Å². The van der Waals surface area contributed by atoms with E-state index >= 15 is 0 Å². The van der Waals surface area contributed by atoms with E-state index in [1.807, 2.05) is 48.2 Å². The zero-order valence-electron chi connectivity index (χ0n) is 20.1. The van der Waals surface area contributed by atoms with Gasteiger partial charge in [-0.2, -0.15) is 0 Å². The van der Waals surface area contributed by atoms with Crippen LogP contribution in [0.4, 0.5) is 11.4 Å². The predicted octanol–water partition coefficient (Wildman–Crippen LogP) is 3.96. The average Bonchev–Trinajstić information content (AvgIpc) is 3.11. The van der Waals surface area contributed by atoms with Gasteiger partial charge in [0.05, 0.1) is 16.3 Å². The Morgan fingerprint density at radius 1 is 1.18 bits per heavy atom. The fourth-order valence-corrected chi connectivity index (χ4v) is 5.08. The van der Waals surface area contributed by atoms with E-state index in [-0.39, 0.29) is 5.78 Å². The summed E-state index contributed by atoms with van der Waals surface area (Å²) in [5.74, 6) is 0.000372.